The summed E-state index contributed by atoms with van der Waals surface area (Å²) in [6, 6.07) is 4.83. The lowest BCUT2D eigenvalue weighted by Gasteiger charge is -2.10. The summed E-state index contributed by atoms with van der Waals surface area (Å²) in [7, 11) is 0. The zero-order valence-corrected chi connectivity index (χ0v) is 10.1. The number of hydrogen-bond acceptors (Lipinski definition) is 3. The van der Waals surface area contributed by atoms with E-state index in [0.717, 1.165) is 6.54 Å². The minimum Gasteiger partial charge on any atom is -0.309 e. The van der Waals surface area contributed by atoms with E-state index in [9.17, 15) is 0 Å². The van der Waals surface area contributed by atoms with Gasteiger partial charge in [-0.15, -0.1) is 11.3 Å². The summed E-state index contributed by atoms with van der Waals surface area (Å²) in [6.45, 7) is 0.800. The highest BCUT2D eigenvalue weighted by molar-refractivity contribution is 9.11. The Hall–Kier alpha value is -0.370. The molecule has 1 aromatic heterocycles. The number of aryl methyl sites for hydroxylation is 1. The van der Waals surface area contributed by atoms with Crippen LogP contribution in [-0.4, -0.2) is 6.54 Å². The third-order valence-electron chi connectivity index (χ3n) is 2.47. The highest BCUT2D eigenvalue weighted by Crippen LogP contribution is 2.39. The number of thiophene rings is 1. The average molecular weight is 271 g/mol. The minimum absolute atomic E-state index is 0.473. The second-order valence-corrected chi connectivity index (χ2v) is 5.90. The third kappa shape index (κ3) is 2.00. The van der Waals surface area contributed by atoms with Gasteiger partial charge in [-0.3, -0.25) is 0 Å². The molecule has 74 valence electrons. The van der Waals surface area contributed by atoms with Gasteiger partial charge in [-0.2, -0.15) is 5.26 Å². The van der Waals surface area contributed by atoms with Gasteiger partial charge in [0.1, 0.15) is 0 Å². The van der Waals surface area contributed by atoms with Crippen LogP contribution >= 0.6 is 27.3 Å². The minimum atomic E-state index is 0.473. The molecule has 1 heterocycles. The first-order valence-corrected chi connectivity index (χ1v) is 6.30. The standard InChI is InChI=1S/C10H11BrN2S/c11-10-6-7-8(13-5-1-4-12)2-3-9(7)14-10/h6,8,13H,1-3,5H2. The van der Waals surface area contributed by atoms with E-state index in [4.69, 9.17) is 5.26 Å². The number of nitrogens with one attached hydrogen (secondary N) is 1. The van der Waals surface area contributed by atoms with Crippen molar-refractivity contribution in [3.8, 4) is 6.07 Å². The highest BCUT2D eigenvalue weighted by atomic mass is 79.9. The van der Waals surface area contributed by atoms with Crippen molar-refractivity contribution in [3.05, 3.63) is 20.3 Å². The van der Waals surface area contributed by atoms with Crippen molar-refractivity contribution in [2.45, 2.75) is 25.3 Å². The summed E-state index contributed by atoms with van der Waals surface area (Å²) in [5, 5.41) is 11.9. The van der Waals surface area contributed by atoms with Crippen LogP contribution in [0.1, 0.15) is 29.3 Å². The lowest BCUT2D eigenvalue weighted by Crippen LogP contribution is -2.19. The van der Waals surface area contributed by atoms with E-state index in [1.165, 1.54) is 27.1 Å². The fourth-order valence-corrected chi connectivity index (χ4v) is 3.64. The molecule has 0 spiro atoms. The van der Waals surface area contributed by atoms with Crippen LogP contribution in [0.15, 0.2) is 9.85 Å². The Morgan fingerprint density at radius 3 is 3.36 bits per heavy atom. The van der Waals surface area contributed by atoms with Crippen molar-refractivity contribution in [1.29, 1.82) is 5.26 Å². The molecule has 2 nitrogen and oxygen atoms in total. The van der Waals surface area contributed by atoms with Gasteiger partial charge < -0.3 is 5.32 Å². The van der Waals surface area contributed by atoms with Crippen molar-refractivity contribution in [3.63, 3.8) is 0 Å². The predicted molar refractivity (Wildman–Crippen MR) is 61.3 cm³/mol. The van der Waals surface area contributed by atoms with Crippen LogP contribution in [-0.2, 0) is 6.42 Å². The molecular weight excluding hydrogens is 260 g/mol. The molecule has 0 saturated heterocycles. The quantitative estimate of drug-likeness (QED) is 0.858. The number of rotatable bonds is 3. The summed E-state index contributed by atoms with van der Waals surface area (Å²) >= 11 is 5.34. The van der Waals surface area contributed by atoms with Gasteiger partial charge in [-0.05, 0) is 40.4 Å². The second-order valence-electron chi connectivity index (χ2n) is 3.38. The van der Waals surface area contributed by atoms with Crippen molar-refractivity contribution < 1.29 is 0 Å². The summed E-state index contributed by atoms with van der Waals surface area (Å²) < 4.78 is 1.22. The average Bonchev–Trinajstić information content (AvgIpc) is 2.66. The Morgan fingerprint density at radius 2 is 2.57 bits per heavy atom. The molecule has 1 N–H and O–H groups in total. The molecular formula is C10H11BrN2S. The summed E-state index contributed by atoms with van der Waals surface area (Å²) in [5.74, 6) is 0. The van der Waals surface area contributed by atoms with E-state index < -0.39 is 0 Å². The molecule has 0 fully saturated rings. The predicted octanol–water partition coefficient (Wildman–Crippen LogP) is 3.00. The monoisotopic (exact) mass is 270 g/mol. The zero-order valence-electron chi connectivity index (χ0n) is 7.72. The maximum atomic E-state index is 8.44. The number of halogens is 1. The smallest absolute Gasteiger partial charge is 0.0704 e. The maximum Gasteiger partial charge on any atom is 0.0704 e. The zero-order chi connectivity index (χ0) is 9.97. The van der Waals surface area contributed by atoms with Crippen LogP contribution in [0.3, 0.4) is 0 Å². The number of hydrogen-bond donors (Lipinski definition) is 1. The molecule has 1 aliphatic carbocycles. The largest absolute Gasteiger partial charge is 0.309 e. The Labute approximate surface area is 96.1 Å². The van der Waals surface area contributed by atoms with Crippen LogP contribution in [0.4, 0.5) is 0 Å². The Morgan fingerprint density at radius 1 is 1.71 bits per heavy atom. The first-order valence-electron chi connectivity index (χ1n) is 4.69. The van der Waals surface area contributed by atoms with Crippen LogP contribution in [0.2, 0.25) is 0 Å². The molecule has 1 unspecified atom stereocenters. The number of nitrogens with zero attached hydrogens (tertiary/aromatic N) is 1. The number of nitriles is 1. The summed E-state index contributed by atoms with van der Waals surface area (Å²) in [5.41, 5.74) is 1.43. The van der Waals surface area contributed by atoms with Crippen molar-refractivity contribution >= 4 is 27.3 Å². The van der Waals surface area contributed by atoms with Crippen LogP contribution in [0, 0.1) is 11.3 Å². The van der Waals surface area contributed by atoms with Crippen LogP contribution < -0.4 is 5.32 Å². The topological polar surface area (TPSA) is 35.8 Å². The molecule has 1 aromatic rings. The lowest BCUT2D eigenvalue weighted by atomic mass is 10.2. The molecule has 0 saturated carbocycles. The molecule has 0 aromatic carbocycles. The Bertz CT molecular complexity index is 367. The van der Waals surface area contributed by atoms with Crippen LogP contribution in [0.5, 0.6) is 0 Å². The molecule has 2 rings (SSSR count). The van der Waals surface area contributed by atoms with Crippen molar-refractivity contribution in [2.24, 2.45) is 0 Å². The first-order chi connectivity index (χ1) is 6.81. The van der Waals surface area contributed by atoms with E-state index in [1.54, 1.807) is 0 Å². The lowest BCUT2D eigenvalue weighted by molar-refractivity contribution is 0.538. The van der Waals surface area contributed by atoms with Crippen molar-refractivity contribution in [1.82, 2.24) is 5.32 Å². The summed E-state index contributed by atoms with van der Waals surface area (Å²) in [6.07, 6.45) is 2.95. The highest BCUT2D eigenvalue weighted by Gasteiger charge is 2.23. The molecule has 0 amide bonds. The molecule has 4 heteroatoms. The fourth-order valence-electron chi connectivity index (χ4n) is 1.84. The van der Waals surface area contributed by atoms with E-state index in [0.29, 0.717) is 12.5 Å². The van der Waals surface area contributed by atoms with Gasteiger partial charge in [0.25, 0.3) is 0 Å². The Kier molecular flexibility index (Phi) is 3.22. The maximum absolute atomic E-state index is 8.44. The normalized spacial score (nSPS) is 19.3. The fraction of sp³-hybridized carbons (Fsp3) is 0.500. The van der Waals surface area contributed by atoms with Gasteiger partial charge >= 0.3 is 0 Å². The van der Waals surface area contributed by atoms with Crippen LogP contribution in [0.25, 0.3) is 0 Å². The van der Waals surface area contributed by atoms with Gasteiger partial charge in [0, 0.05) is 23.9 Å². The molecule has 0 aliphatic heterocycles. The molecule has 14 heavy (non-hydrogen) atoms. The number of fused-ring (bicyclic) bond motifs is 1. The van der Waals surface area contributed by atoms with Gasteiger partial charge in [-0.25, -0.2) is 0 Å². The SMILES string of the molecule is N#CCCNC1CCc2sc(Br)cc21. The molecule has 1 aliphatic rings. The van der Waals surface area contributed by atoms with E-state index >= 15 is 0 Å². The van der Waals surface area contributed by atoms with Gasteiger partial charge in [-0.1, -0.05) is 0 Å². The third-order valence-corrected chi connectivity index (χ3v) is 4.19. The van der Waals surface area contributed by atoms with Gasteiger partial charge in [0.15, 0.2) is 0 Å². The second kappa shape index (κ2) is 4.43. The molecule has 0 radical (unpaired) electrons. The summed E-state index contributed by atoms with van der Waals surface area (Å²) in [4.78, 5) is 1.49. The van der Waals surface area contributed by atoms with E-state index in [1.807, 2.05) is 11.3 Å². The Balaban J connectivity index is 2.00. The molecule has 1 atom stereocenters. The van der Waals surface area contributed by atoms with E-state index in [2.05, 4.69) is 33.4 Å². The van der Waals surface area contributed by atoms with E-state index in [-0.39, 0.29) is 0 Å². The molecule has 0 bridgehead atoms. The first kappa shape index (κ1) is 10.2. The van der Waals surface area contributed by atoms with Gasteiger partial charge in [0.05, 0.1) is 9.86 Å². The van der Waals surface area contributed by atoms with Crippen molar-refractivity contribution in [2.75, 3.05) is 6.54 Å². The van der Waals surface area contributed by atoms with Gasteiger partial charge in [0.2, 0.25) is 0 Å².